The molecule has 0 atom stereocenters. The monoisotopic (exact) mass is 262 g/mol. The van der Waals surface area contributed by atoms with Crippen molar-refractivity contribution in [3.8, 4) is 0 Å². The molecule has 17 heavy (non-hydrogen) atoms. The lowest BCUT2D eigenvalue weighted by Crippen LogP contribution is -2.49. The Morgan fingerprint density at radius 2 is 1.00 bits per heavy atom. The highest BCUT2D eigenvalue weighted by Gasteiger charge is 2.37. The Bertz CT molecular complexity index is 242. The van der Waals surface area contributed by atoms with Crippen molar-refractivity contribution in [3.05, 3.63) is 63.3 Å². The van der Waals surface area contributed by atoms with Crippen molar-refractivity contribution in [2.75, 3.05) is 0 Å². The molecular weight excluding hydrogens is 236 g/mol. The van der Waals surface area contributed by atoms with Gasteiger partial charge in [0.1, 0.15) is 0 Å². The lowest BCUT2D eigenvalue weighted by molar-refractivity contribution is 1.38. The first-order chi connectivity index (χ1) is 8.20. The molecule has 0 spiro atoms. The fraction of sp³-hybridized carbons (Fsp3) is 0.333. The Hall–Kier alpha value is -0.866. The van der Waals surface area contributed by atoms with Gasteiger partial charge in [-0.2, -0.15) is 0 Å². The van der Waals surface area contributed by atoms with Crippen LogP contribution in [0.2, 0.25) is 30.2 Å². The molecule has 0 aliphatic carbocycles. The lowest BCUT2D eigenvalue weighted by atomic mass is 10.7. The zero-order valence-electron chi connectivity index (χ0n) is 11.0. The highest BCUT2D eigenvalue weighted by atomic mass is 29.2. The molecular formula is C15H26Si2. The highest BCUT2D eigenvalue weighted by Crippen LogP contribution is 2.30. The standard InChI is InChI=1S/C15H26Si2/c1-6-11-16(12-7-2)17(13-8-3,14-9-4)15-10-5/h6-10,16H,1-5,11-15H2. The first kappa shape index (κ1) is 16.1. The van der Waals surface area contributed by atoms with Crippen LogP contribution in [0.4, 0.5) is 0 Å². The van der Waals surface area contributed by atoms with E-state index in [1.54, 1.807) is 0 Å². The van der Waals surface area contributed by atoms with E-state index in [1.807, 2.05) is 0 Å². The first-order valence-electron chi connectivity index (χ1n) is 6.25. The van der Waals surface area contributed by atoms with Crippen LogP contribution in [0.15, 0.2) is 63.3 Å². The van der Waals surface area contributed by atoms with Gasteiger partial charge in [0.05, 0.1) is 7.59 Å². The van der Waals surface area contributed by atoms with Crippen molar-refractivity contribution in [2.45, 2.75) is 30.2 Å². The molecule has 0 unspecified atom stereocenters. The molecule has 0 saturated carbocycles. The molecule has 94 valence electrons. The summed E-state index contributed by atoms with van der Waals surface area (Å²) < 4.78 is 0. The minimum atomic E-state index is -1.32. The summed E-state index contributed by atoms with van der Waals surface area (Å²) in [5, 5.41) is 0. The molecule has 0 N–H and O–H groups in total. The summed E-state index contributed by atoms with van der Waals surface area (Å²) in [7, 11) is -2.17. The summed E-state index contributed by atoms with van der Waals surface area (Å²) in [6.45, 7) is 19.7. The van der Waals surface area contributed by atoms with E-state index in [9.17, 15) is 0 Å². The third-order valence-electron chi connectivity index (χ3n) is 3.42. The molecule has 0 aliphatic heterocycles. The molecule has 0 aromatic rings. The third-order valence-corrected chi connectivity index (χ3v) is 19.0. The second-order valence-electron chi connectivity index (χ2n) is 4.59. The summed E-state index contributed by atoms with van der Waals surface area (Å²) in [4.78, 5) is 0. The quantitative estimate of drug-likeness (QED) is 0.375. The Labute approximate surface area is 110 Å². The smallest absolute Gasteiger partial charge is 0.0556 e. The highest BCUT2D eigenvalue weighted by molar-refractivity contribution is 7.34. The molecule has 0 nitrogen and oxygen atoms in total. The van der Waals surface area contributed by atoms with Crippen LogP contribution in [0.1, 0.15) is 0 Å². The van der Waals surface area contributed by atoms with Crippen molar-refractivity contribution < 1.29 is 0 Å². The Balaban J connectivity index is 5.19. The van der Waals surface area contributed by atoms with Crippen molar-refractivity contribution in [3.63, 3.8) is 0 Å². The molecule has 0 fully saturated rings. The topological polar surface area (TPSA) is 0 Å². The molecule has 0 bridgehead atoms. The first-order valence-corrected chi connectivity index (χ1v) is 12.3. The van der Waals surface area contributed by atoms with Crippen LogP contribution in [0.3, 0.4) is 0 Å². The lowest BCUT2D eigenvalue weighted by Gasteiger charge is -2.36. The van der Waals surface area contributed by atoms with E-state index in [-0.39, 0.29) is 0 Å². The predicted octanol–water partition coefficient (Wildman–Crippen LogP) is 4.67. The maximum Gasteiger partial charge on any atom is 0.0556 e. The molecule has 0 aromatic heterocycles. The molecule has 0 aliphatic rings. The van der Waals surface area contributed by atoms with Crippen molar-refractivity contribution in [2.24, 2.45) is 0 Å². The molecule has 2 heteroatoms. The van der Waals surface area contributed by atoms with Gasteiger partial charge in [-0.15, -0.1) is 32.9 Å². The van der Waals surface area contributed by atoms with Gasteiger partial charge in [-0.25, -0.2) is 0 Å². The average Bonchev–Trinajstić information content (AvgIpc) is 2.29. The molecule has 0 aromatic carbocycles. The van der Waals surface area contributed by atoms with Crippen LogP contribution in [0.5, 0.6) is 0 Å². The van der Waals surface area contributed by atoms with E-state index >= 15 is 0 Å². The van der Waals surface area contributed by atoms with Crippen molar-refractivity contribution in [1.29, 1.82) is 0 Å². The summed E-state index contributed by atoms with van der Waals surface area (Å²) >= 11 is 0. The number of hydrogen-bond donors (Lipinski definition) is 0. The van der Waals surface area contributed by atoms with Gasteiger partial charge in [-0.3, -0.25) is 0 Å². The number of hydrogen-bond acceptors (Lipinski definition) is 0. The molecule has 0 rings (SSSR count). The van der Waals surface area contributed by atoms with Gasteiger partial charge >= 0.3 is 0 Å². The maximum atomic E-state index is 3.95. The summed E-state index contributed by atoms with van der Waals surface area (Å²) in [5.41, 5.74) is 0. The van der Waals surface area contributed by atoms with Crippen LogP contribution in [-0.4, -0.2) is 15.9 Å². The molecule has 0 radical (unpaired) electrons. The fourth-order valence-electron chi connectivity index (χ4n) is 2.61. The van der Waals surface area contributed by atoms with Gasteiger partial charge in [-0.1, -0.05) is 30.4 Å². The fourth-order valence-corrected chi connectivity index (χ4v) is 16.3. The van der Waals surface area contributed by atoms with Crippen LogP contribution in [0, 0.1) is 0 Å². The van der Waals surface area contributed by atoms with E-state index in [0.717, 1.165) is 0 Å². The molecule has 0 heterocycles. The van der Waals surface area contributed by atoms with Gasteiger partial charge < -0.3 is 0 Å². The molecule has 0 amide bonds. The normalized spacial score (nSPS) is 10.9. The summed E-state index contributed by atoms with van der Waals surface area (Å²) in [6.07, 6.45) is 10.5. The minimum Gasteiger partial charge on any atom is -0.103 e. The summed E-state index contributed by atoms with van der Waals surface area (Å²) in [5.74, 6) is 0. The van der Waals surface area contributed by atoms with Gasteiger partial charge in [0.2, 0.25) is 0 Å². The van der Waals surface area contributed by atoms with Crippen molar-refractivity contribution in [1.82, 2.24) is 0 Å². The zero-order valence-corrected chi connectivity index (χ0v) is 13.2. The van der Waals surface area contributed by atoms with Gasteiger partial charge in [0, 0.05) is 8.31 Å². The van der Waals surface area contributed by atoms with E-state index in [1.165, 1.54) is 30.2 Å². The Morgan fingerprint density at radius 3 is 1.24 bits per heavy atom. The van der Waals surface area contributed by atoms with Crippen LogP contribution >= 0.6 is 0 Å². The second-order valence-corrected chi connectivity index (χ2v) is 17.0. The van der Waals surface area contributed by atoms with Gasteiger partial charge in [0.25, 0.3) is 0 Å². The average molecular weight is 263 g/mol. The number of allylic oxidation sites excluding steroid dienone is 5. The van der Waals surface area contributed by atoms with Crippen LogP contribution in [0.25, 0.3) is 0 Å². The maximum absolute atomic E-state index is 3.95. The SMILES string of the molecule is C=CC[SiH](CC=C)[Si](CC=C)(CC=C)CC=C. The predicted molar refractivity (Wildman–Crippen MR) is 87.9 cm³/mol. The van der Waals surface area contributed by atoms with Crippen LogP contribution in [-0.2, 0) is 0 Å². The van der Waals surface area contributed by atoms with E-state index < -0.39 is 15.9 Å². The zero-order chi connectivity index (χ0) is 13.1. The van der Waals surface area contributed by atoms with Crippen LogP contribution < -0.4 is 0 Å². The Morgan fingerprint density at radius 1 is 0.647 bits per heavy atom. The second kappa shape index (κ2) is 9.19. The van der Waals surface area contributed by atoms with E-state index in [0.29, 0.717) is 0 Å². The van der Waals surface area contributed by atoms with Gasteiger partial charge in [-0.05, 0) is 30.2 Å². The minimum absolute atomic E-state index is 0.848. The summed E-state index contributed by atoms with van der Waals surface area (Å²) in [6, 6.07) is 5.96. The third kappa shape index (κ3) is 4.88. The molecule has 0 saturated heterocycles. The van der Waals surface area contributed by atoms with Gasteiger partial charge in [0.15, 0.2) is 0 Å². The van der Waals surface area contributed by atoms with E-state index in [2.05, 4.69) is 63.3 Å². The number of rotatable bonds is 11. The van der Waals surface area contributed by atoms with E-state index in [4.69, 9.17) is 0 Å². The largest absolute Gasteiger partial charge is 0.103 e. The van der Waals surface area contributed by atoms with Crippen molar-refractivity contribution >= 4 is 15.9 Å². The Kier molecular flexibility index (Phi) is 8.73.